The van der Waals surface area contributed by atoms with Crippen molar-refractivity contribution < 1.29 is 18.0 Å². The van der Waals surface area contributed by atoms with Crippen LogP contribution in [0.15, 0.2) is 12.1 Å². The van der Waals surface area contributed by atoms with E-state index in [1.807, 2.05) is 0 Å². The summed E-state index contributed by atoms with van der Waals surface area (Å²) in [5.74, 6) is -0.509. The van der Waals surface area contributed by atoms with E-state index in [1.165, 1.54) is 4.90 Å². The van der Waals surface area contributed by atoms with Crippen LogP contribution < -0.4 is 0 Å². The van der Waals surface area contributed by atoms with E-state index < -0.39 is 17.6 Å². The third-order valence-electron chi connectivity index (χ3n) is 3.68. The Bertz CT molecular complexity index is 860. The number of alkyl halides is 3. The number of hydrogen-bond acceptors (Lipinski definition) is 3. The van der Waals surface area contributed by atoms with Gasteiger partial charge in [-0.1, -0.05) is 23.2 Å². The van der Waals surface area contributed by atoms with Gasteiger partial charge in [0.15, 0.2) is 5.69 Å². The van der Waals surface area contributed by atoms with Crippen LogP contribution in [-0.2, 0) is 6.18 Å². The number of nitrogens with one attached hydrogen (secondary N) is 1. The fraction of sp³-hybridized carbons (Fsp3) is 0.312. The number of nitriles is 1. The Morgan fingerprint density at radius 3 is 2.23 bits per heavy atom. The number of H-pyrrole nitrogens is 1. The molecule has 0 fully saturated rings. The van der Waals surface area contributed by atoms with Gasteiger partial charge in [-0.25, -0.2) is 4.98 Å². The van der Waals surface area contributed by atoms with Crippen molar-refractivity contribution in [2.45, 2.75) is 20.0 Å². The molecule has 2 rings (SSSR count). The highest BCUT2D eigenvalue weighted by atomic mass is 35.5. The quantitative estimate of drug-likeness (QED) is 0.798. The molecular weight excluding hydrogens is 392 g/mol. The molecule has 5 nitrogen and oxygen atoms in total. The first-order valence-corrected chi connectivity index (χ1v) is 8.25. The van der Waals surface area contributed by atoms with Crippen molar-refractivity contribution in [3.05, 3.63) is 39.1 Å². The maximum absolute atomic E-state index is 12.8. The van der Waals surface area contributed by atoms with Crippen LogP contribution in [0.5, 0.6) is 0 Å². The highest BCUT2D eigenvalue weighted by molar-refractivity contribution is 6.39. The fourth-order valence-corrected chi connectivity index (χ4v) is 3.03. The first-order chi connectivity index (χ1) is 12.1. The van der Waals surface area contributed by atoms with Crippen LogP contribution in [0.1, 0.15) is 35.6 Å². The number of carbonyl (C=O) groups excluding carboxylic acids is 1. The monoisotopic (exact) mass is 404 g/mol. The van der Waals surface area contributed by atoms with Crippen molar-refractivity contribution in [1.29, 1.82) is 5.26 Å². The van der Waals surface area contributed by atoms with E-state index in [1.54, 1.807) is 19.9 Å². The van der Waals surface area contributed by atoms with E-state index in [4.69, 9.17) is 23.2 Å². The van der Waals surface area contributed by atoms with Crippen molar-refractivity contribution in [2.24, 2.45) is 0 Å². The molecule has 0 aliphatic rings. The van der Waals surface area contributed by atoms with Crippen molar-refractivity contribution in [3.63, 3.8) is 0 Å². The SMILES string of the molecule is CCN(CC)C(=O)c1[nH]c(-c2c(Cl)cc(C(F)(F)F)cc2Cl)nc1C#N. The summed E-state index contributed by atoms with van der Waals surface area (Å²) in [4.78, 5) is 20.6. The van der Waals surface area contributed by atoms with Gasteiger partial charge < -0.3 is 9.88 Å². The highest BCUT2D eigenvalue weighted by Crippen LogP contribution is 2.39. The molecule has 0 aliphatic carbocycles. The minimum absolute atomic E-state index is 0.0172. The molecule has 0 saturated carbocycles. The van der Waals surface area contributed by atoms with E-state index >= 15 is 0 Å². The van der Waals surface area contributed by atoms with Gasteiger partial charge in [-0.15, -0.1) is 0 Å². The fourth-order valence-electron chi connectivity index (χ4n) is 2.36. The molecule has 1 aromatic carbocycles. The molecule has 1 heterocycles. The molecule has 0 spiro atoms. The third-order valence-corrected chi connectivity index (χ3v) is 4.28. The minimum atomic E-state index is -4.61. The molecule has 0 saturated heterocycles. The summed E-state index contributed by atoms with van der Waals surface area (Å²) in [5.41, 5.74) is -1.29. The Labute approximate surface area is 157 Å². The van der Waals surface area contributed by atoms with E-state index in [9.17, 15) is 23.2 Å². The van der Waals surface area contributed by atoms with Gasteiger partial charge in [0.05, 0.1) is 21.2 Å². The second-order valence-electron chi connectivity index (χ2n) is 5.21. The highest BCUT2D eigenvalue weighted by Gasteiger charge is 2.33. The number of carbonyl (C=O) groups is 1. The summed E-state index contributed by atoms with van der Waals surface area (Å²) in [7, 11) is 0. The molecule has 0 atom stereocenters. The first-order valence-electron chi connectivity index (χ1n) is 7.49. The molecule has 0 radical (unpaired) electrons. The number of hydrogen-bond donors (Lipinski definition) is 1. The lowest BCUT2D eigenvalue weighted by Crippen LogP contribution is -2.31. The van der Waals surface area contributed by atoms with Gasteiger partial charge in [-0.05, 0) is 26.0 Å². The van der Waals surface area contributed by atoms with Gasteiger partial charge in [0.25, 0.3) is 5.91 Å². The second kappa shape index (κ2) is 7.56. The largest absolute Gasteiger partial charge is 0.416 e. The predicted molar refractivity (Wildman–Crippen MR) is 91.0 cm³/mol. The Kier molecular flexibility index (Phi) is 5.84. The van der Waals surface area contributed by atoms with Crippen molar-refractivity contribution in [3.8, 4) is 17.5 Å². The Hall–Kier alpha value is -2.24. The Morgan fingerprint density at radius 2 is 1.81 bits per heavy atom. The second-order valence-corrected chi connectivity index (χ2v) is 6.03. The summed E-state index contributed by atoms with van der Waals surface area (Å²) in [5, 5.41) is 8.62. The molecule has 1 N–H and O–H groups in total. The number of amides is 1. The van der Waals surface area contributed by atoms with Crippen LogP contribution in [0, 0.1) is 11.3 Å². The number of halogens is 5. The molecule has 26 heavy (non-hydrogen) atoms. The average Bonchev–Trinajstić information content (AvgIpc) is 2.98. The zero-order valence-electron chi connectivity index (χ0n) is 13.7. The maximum atomic E-state index is 12.8. The predicted octanol–water partition coefficient (Wildman–Crippen LogP) is 4.76. The normalized spacial score (nSPS) is 11.3. The van der Waals surface area contributed by atoms with Crippen LogP contribution in [0.2, 0.25) is 10.0 Å². The van der Waals surface area contributed by atoms with Crippen molar-refractivity contribution in [1.82, 2.24) is 14.9 Å². The summed E-state index contributed by atoms with van der Waals surface area (Å²) >= 11 is 11.9. The van der Waals surface area contributed by atoms with Gasteiger partial charge in [0.1, 0.15) is 17.6 Å². The van der Waals surface area contributed by atoms with Gasteiger partial charge in [-0.2, -0.15) is 18.4 Å². The van der Waals surface area contributed by atoms with Gasteiger partial charge in [0, 0.05) is 13.1 Å². The van der Waals surface area contributed by atoms with E-state index in [0.29, 0.717) is 25.2 Å². The number of aromatic amines is 1. The molecule has 138 valence electrons. The molecule has 1 amide bonds. The summed E-state index contributed by atoms with van der Waals surface area (Å²) in [6.45, 7) is 4.37. The number of rotatable bonds is 4. The van der Waals surface area contributed by atoms with Crippen LogP contribution in [0.25, 0.3) is 11.4 Å². The lowest BCUT2D eigenvalue weighted by Gasteiger charge is -2.17. The maximum Gasteiger partial charge on any atom is 0.416 e. The molecule has 0 aliphatic heterocycles. The van der Waals surface area contributed by atoms with E-state index in [-0.39, 0.29) is 32.8 Å². The molecule has 10 heteroatoms. The standard InChI is InChI=1S/C16H13Cl2F3N4O/c1-3-25(4-2)15(26)13-11(7-22)23-14(24-13)12-9(17)5-8(6-10(12)18)16(19,20)21/h5-6H,3-4H2,1-2H3,(H,23,24). The van der Waals surface area contributed by atoms with E-state index in [0.717, 1.165) is 0 Å². The van der Waals surface area contributed by atoms with Gasteiger partial charge in [-0.3, -0.25) is 4.79 Å². The molecule has 0 unspecified atom stereocenters. The van der Waals surface area contributed by atoms with Crippen LogP contribution in [0.4, 0.5) is 13.2 Å². The van der Waals surface area contributed by atoms with Gasteiger partial charge >= 0.3 is 6.18 Å². The first kappa shape index (κ1) is 20.1. The molecule has 0 bridgehead atoms. The number of nitrogens with zero attached hydrogens (tertiary/aromatic N) is 3. The smallest absolute Gasteiger partial charge is 0.338 e. The third kappa shape index (κ3) is 3.79. The summed E-state index contributed by atoms with van der Waals surface area (Å²) in [6.07, 6.45) is -4.61. The minimum Gasteiger partial charge on any atom is -0.338 e. The van der Waals surface area contributed by atoms with Crippen LogP contribution in [0.3, 0.4) is 0 Å². The molecule has 1 aromatic heterocycles. The lowest BCUT2D eigenvalue weighted by molar-refractivity contribution is -0.137. The van der Waals surface area contributed by atoms with Gasteiger partial charge in [0.2, 0.25) is 0 Å². The summed E-state index contributed by atoms with van der Waals surface area (Å²) in [6, 6.07) is 3.21. The zero-order valence-corrected chi connectivity index (χ0v) is 15.2. The van der Waals surface area contributed by atoms with Crippen molar-refractivity contribution >= 4 is 29.1 Å². The zero-order chi connectivity index (χ0) is 19.6. The number of benzene rings is 1. The average molecular weight is 405 g/mol. The Morgan fingerprint density at radius 1 is 1.27 bits per heavy atom. The molecule has 2 aromatic rings. The van der Waals surface area contributed by atoms with Crippen LogP contribution >= 0.6 is 23.2 Å². The number of aromatic nitrogens is 2. The summed E-state index contributed by atoms with van der Waals surface area (Å²) < 4.78 is 38.5. The lowest BCUT2D eigenvalue weighted by atomic mass is 10.1. The van der Waals surface area contributed by atoms with Crippen molar-refractivity contribution in [2.75, 3.05) is 13.1 Å². The number of imidazole rings is 1. The Balaban J connectivity index is 2.58. The van der Waals surface area contributed by atoms with Crippen LogP contribution in [-0.4, -0.2) is 33.9 Å². The molecular formula is C16H13Cl2F3N4O. The topological polar surface area (TPSA) is 72.8 Å². The van der Waals surface area contributed by atoms with E-state index in [2.05, 4.69) is 9.97 Å².